The average molecular weight is 469 g/mol. The van der Waals surface area contributed by atoms with Crippen molar-refractivity contribution >= 4 is 22.8 Å². The Balaban J connectivity index is 1.40. The maximum Gasteiger partial charge on any atom is 0.418 e. The number of benzene rings is 3. The van der Waals surface area contributed by atoms with Crippen LogP contribution in [0.5, 0.6) is 0 Å². The van der Waals surface area contributed by atoms with E-state index < -0.39 is 23.8 Å². The fourth-order valence-electron chi connectivity index (χ4n) is 4.23. The van der Waals surface area contributed by atoms with Crippen LogP contribution in [0.1, 0.15) is 30.3 Å². The van der Waals surface area contributed by atoms with E-state index in [1.807, 2.05) is 0 Å². The molecule has 1 N–H and O–H groups in total. The normalized spacial score (nSPS) is 16.2. The molecule has 2 heterocycles. The first-order chi connectivity index (χ1) is 16.3. The van der Waals surface area contributed by atoms with Crippen LogP contribution in [-0.2, 0) is 6.18 Å². The van der Waals surface area contributed by atoms with Crippen molar-refractivity contribution < 1.29 is 26.8 Å². The summed E-state index contributed by atoms with van der Waals surface area (Å²) in [6.07, 6.45) is -3.36. The van der Waals surface area contributed by atoms with Crippen LogP contribution in [-0.4, -0.2) is 22.5 Å². The molecule has 174 valence electrons. The Labute approximate surface area is 192 Å². The lowest BCUT2D eigenvalue weighted by Gasteiger charge is -2.23. The van der Waals surface area contributed by atoms with Crippen molar-refractivity contribution in [2.75, 3.05) is 11.9 Å². The Morgan fingerprint density at radius 1 is 1.03 bits per heavy atom. The summed E-state index contributed by atoms with van der Waals surface area (Å²) in [5.74, 6) is -0.0405. The van der Waals surface area contributed by atoms with Gasteiger partial charge in [0.1, 0.15) is 17.4 Å². The van der Waals surface area contributed by atoms with E-state index in [1.165, 1.54) is 35.2 Å². The third-order valence-electron chi connectivity index (χ3n) is 5.83. The van der Waals surface area contributed by atoms with Gasteiger partial charge in [-0.15, -0.1) is 0 Å². The number of amides is 2. The number of alkyl halides is 3. The number of para-hydroxylation sites is 1. The van der Waals surface area contributed by atoms with E-state index in [1.54, 1.807) is 30.3 Å². The minimum absolute atomic E-state index is 0.303. The number of anilines is 1. The lowest BCUT2D eigenvalue weighted by atomic mass is 10.1. The monoisotopic (exact) mass is 469 g/mol. The summed E-state index contributed by atoms with van der Waals surface area (Å²) in [4.78, 5) is 18.9. The third-order valence-corrected chi connectivity index (χ3v) is 5.83. The van der Waals surface area contributed by atoms with Crippen molar-refractivity contribution in [3.63, 3.8) is 0 Å². The summed E-state index contributed by atoms with van der Waals surface area (Å²) >= 11 is 0. The number of hydrogen-bond donors (Lipinski definition) is 1. The molecule has 1 aliphatic rings. The first kappa shape index (κ1) is 21.9. The number of oxazole rings is 1. The van der Waals surface area contributed by atoms with Crippen molar-refractivity contribution in [1.82, 2.24) is 9.88 Å². The Kier molecular flexibility index (Phi) is 5.47. The molecule has 0 saturated carbocycles. The molecule has 5 rings (SSSR count). The molecule has 0 aliphatic carbocycles. The molecule has 34 heavy (non-hydrogen) atoms. The highest BCUT2D eigenvalue weighted by atomic mass is 19.4. The number of halogens is 4. The summed E-state index contributed by atoms with van der Waals surface area (Å²) in [5, 5.41) is 2.39. The highest BCUT2D eigenvalue weighted by Crippen LogP contribution is 2.37. The van der Waals surface area contributed by atoms with Crippen molar-refractivity contribution in [3.8, 4) is 11.1 Å². The summed E-state index contributed by atoms with van der Waals surface area (Å²) in [7, 11) is 0. The molecule has 0 bridgehead atoms. The van der Waals surface area contributed by atoms with Crippen LogP contribution in [0.3, 0.4) is 0 Å². The summed E-state index contributed by atoms with van der Waals surface area (Å²) in [6.45, 7) is 0.359. The summed E-state index contributed by atoms with van der Waals surface area (Å²) in [5.41, 5.74) is 1.29. The Bertz CT molecular complexity index is 1370. The SMILES string of the molecule is O=C(Nc1ccccc1C(F)(F)F)N1CCCC1c1nc2cc(-c3cccc(F)c3)ccc2o1. The quantitative estimate of drug-likeness (QED) is 0.328. The van der Waals surface area contributed by atoms with Crippen molar-refractivity contribution in [2.45, 2.75) is 25.1 Å². The van der Waals surface area contributed by atoms with Gasteiger partial charge in [0, 0.05) is 6.54 Å². The Morgan fingerprint density at radius 3 is 2.62 bits per heavy atom. The fraction of sp³-hybridized carbons (Fsp3) is 0.200. The van der Waals surface area contributed by atoms with Gasteiger partial charge in [0.15, 0.2) is 5.58 Å². The minimum atomic E-state index is -4.59. The van der Waals surface area contributed by atoms with Crippen LogP contribution in [0.4, 0.5) is 28.0 Å². The fourth-order valence-corrected chi connectivity index (χ4v) is 4.23. The van der Waals surface area contributed by atoms with Gasteiger partial charge < -0.3 is 14.6 Å². The second-order valence-corrected chi connectivity index (χ2v) is 8.07. The summed E-state index contributed by atoms with van der Waals surface area (Å²) < 4.78 is 59.4. The van der Waals surface area contributed by atoms with Gasteiger partial charge >= 0.3 is 12.2 Å². The van der Waals surface area contributed by atoms with E-state index in [2.05, 4.69) is 10.3 Å². The molecule has 0 radical (unpaired) electrons. The molecule has 3 aromatic carbocycles. The van der Waals surface area contributed by atoms with E-state index in [4.69, 9.17) is 4.42 Å². The first-order valence-electron chi connectivity index (χ1n) is 10.7. The van der Waals surface area contributed by atoms with Gasteiger partial charge in [-0.1, -0.05) is 30.3 Å². The van der Waals surface area contributed by atoms with Crippen LogP contribution in [0.15, 0.2) is 71.1 Å². The number of hydrogen-bond acceptors (Lipinski definition) is 3. The predicted octanol–water partition coefficient (Wildman–Crippen LogP) is 7.02. The van der Waals surface area contributed by atoms with E-state index in [-0.39, 0.29) is 11.5 Å². The Hall–Kier alpha value is -3.88. The highest BCUT2D eigenvalue weighted by molar-refractivity contribution is 5.91. The molecule has 9 heteroatoms. The average Bonchev–Trinajstić information content (AvgIpc) is 3.45. The smallest absolute Gasteiger partial charge is 0.418 e. The molecular weight excluding hydrogens is 450 g/mol. The first-order valence-corrected chi connectivity index (χ1v) is 10.7. The number of rotatable bonds is 3. The number of likely N-dealkylation sites (tertiary alicyclic amines) is 1. The number of nitrogens with zero attached hydrogens (tertiary/aromatic N) is 2. The zero-order valence-electron chi connectivity index (χ0n) is 17.8. The summed E-state index contributed by atoms with van der Waals surface area (Å²) in [6, 6.07) is 15.2. The van der Waals surface area contributed by atoms with Gasteiger partial charge in [0.2, 0.25) is 5.89 Å². The number of aromatic nitrogens is 1. The number of carbonyl (C=O) groups excluding carboxylic acids is 1. The standard InChI is InChI=1S/C25H19F4N3O2/c26-17-6-3-5-15(13-17)16-10-11-22-20(14-16)30-23(34-22)21-9-4-12-32(21)24(33)31-19-8-2-1-7-18(19)25(27,28)29/h1-3,5-8,10-11,13-14,21H,4,9,12H2,(H,31,33). The molecule has 1 aromatic heterocycles. The van der Waals surface area contributed by atoms with Gasteiger partial charge in [-0.05, 0) is 60.4 Å². The van der Waals surface area contributed by atoms with Crippen molar-refractivity contribution in [1.29, 1.82) is 0 Å². The van der Waals surface area contributed by atoms with Crippen LogP contribution >= 0.6 is 0 Å². The molecule has 0 spiro atoms. The van der Waals surface area contributed by atoms with Crippen molar-refractivity contribution in [3.05, 3.63) is 84.0 Å². The molecular formula is C25H19F4N3O2. The van der Waals surface area contributed by atoms with Gasteiger partial charge in [-0.3, -0.25) is 0 Å². The minimum Gasteiger partial charge on any atom is -0.438 e. The lowest BCUT2D eigenvalue weighted by Crippen LogP contribution is -2.35. The maximum atomic E-state index is 13.6. The highest BCUT2D eigenvalue weighted by Gasteiger charge is 2.37. The van der Waals surface area contributed by atoms with Crippen LogP contribution in [0, 0.1) is 5.82 Å². The van der Waals surface area contributed by atoms with Gasteiger partial charge in [0.25, 0.3) is 0 Å². The van der Waals surface area contributed by atoms with E-state index in [0.717, 1.165) is 11.6 Å². The van der Waals surface area contributed by atoms with Crippen LogP contribution in [0.2, 0.25) is 0 Å². The van der Waals surface area contributed by atoms with E-state index in [9.17, 15) is 22.4 Å². The molecule has 4 aromatic rings. The predicted molar refractivity (Wildman–Crippen MR) is 119 cm³/mol. The molecule has 1 aliphatic heterocycles. The van der Waals surface area contributed by atoms with Gasteiger partial charge in [-0.2, -0.15) is 13.2 Å². The lowest BCUT2D eigenvalue weighted by molar-refractivity contribution is -0.136. The second kappa shape index (κ2) is 8.48. The number of urea groups is 1. The van der Waals surface area contributed by atoms with Crippen LogP contribution < -0.4 is 5.32 Å². The van der Waals surface area contributed by atoms with Gasteiger partial charge in [-0.25, -0.2) is 14.2 Å². The largest absolute Gasteiger partial charge is 0.438 e. The molecule has 1 fully saturated rings. The maximum absolute atomic E-state index is 13.6. The number of fused-ring (bicyclic) bond motifs is 1. The van der Waals surface area contributed by atoms with Crippen LogP contribution in [0.25, 0.3) is 22.2 Å². The topological polar surface area (TPSA) is 58.4 Å². The zero-order valence-corrected chi connectivity index (χ0v) is 17.8. The molecule has 1 atom stereocenters. The van der Waals surface area contributed by atoms with E-state index in [0.29, 0.717) is 41.9 Å². The van der Waals surface area contributed by atoms with Crippen molar-refractivity contribution in [2.24, 2.45) is 0 Å². The third kappa shape index (κ3) is 4.21. The zero-order chi connectivity index (χ0) is 23.9. The Morgan fingerprint density at radius 2 is 1.82 bits per heavy atom. The molecule has 2 amide bonds. The van der Waals surface area contributed by atoms with E-state index >= 15 is 0 Å². The number of nitrogens with one attached hydrogen (secondary N) is 1. The second-order valence-electron chi connectivity index (χ2n) is 8.07. The molecule has 5 nitrogen and oxygen atoms in total. The number of carbonyl (C=O) groups is 1. The molecule has 1 saturated heterocycles. The van der Waals surface area contributed by atoms with Gasteiger partial charge in [0.05, 0.1) is 11.3 Å². The molecule has 1 unspecified atom stereocenters.